The molecule has 0 fully saturated rings. The first-order chi connectivity index (χ1) is 10.0. The Morgan fingerprint density at radius 2 is 1.95 bits per heavy atom. The van der Waals surface area contributed by atoms with Crippen LogP contribution < -0.4 is 0 Å². The third kappa shape index (κ3) is 2.52. The van der Waals surface area contributed by atoms with Gasteiger partial charge in [0.15, 0.2) is 0 Å². The topological polar surface area (TPSA) is 33.4 Å². The lowest BCUT2D eigenvalue weighted by Crippen LogP contribution is -2.25. The summed E-state index contributed by atoms with van der Waals surface area (Å²) in [4.78, 5) is 0. The summed E-state index contributed by atoms with van der Waals surface area (Å²) in [6, 6.07) is 15.7. The van der Waals surface area contributed by atoms with E-state index in [2.05, 4.69) is 22.0 Å². The van der Waals surface area contributed by atoms with Crippen LogP contribution in [-0.4, -0.2) is 5.11 Å². The minimum atomic E-state index is -1.11. The largest absolute Gasteiger partial charge is 0.458 e. The van der Waals surface area contributed by atoms with E-state index < -0.39 is 5.60 Å². The van der Waals surface area contributed by atoms with Crippen LogP contribution in [-0.2, 0) is 5.60 Å². The maximum atomic E-state index is 11.1. The molecule has 0 aliphatic heterocycles. The molecule has 108 valence electrons. The van der Waals surface area contributed by atoms with Gasteiger partial charge in [-0.2, -0.15) is 0 Å². The summed E-state index contributed by atoms with van der Waals surface area (Å²) in [6.07, 6.45) is 0.544. The minimum Gasteiger partial charge on any atom is -0.458 e. The van der Waals surface area contributed by atoms with Gasteiger partial charge in [-0.1, -0.05) is 46.6 Å². The Bertz CT molecular complexity index is 791. The van der Waals surface area contributed by atoms with Crippen LogP contribution in [0.3, 0.4) is 0 Å². The van der Waals surface area contributed by atoms with E-state index in [0.717, 1.165) is 21.0 Å². The number of rotatable bonds is 3. The third-order valence-corrected chi connectivity index (χ3v) is 4.39. The van der Waals surface area contributed by atoms with Crippen molar-refractivity contribution in [1.82, 2.24) is 0 Å². The van der Waals surface area contributed by atoms with Crippen LogP contribution in [0.15, 0.2) is 57.4 Å². The summed E-state index contributed by atoms with van der Waals surface area (Å²) < 4.78 is 6.85. The molecular formula is C18H17BrO2. The van der Waals surface area contributed by atoms with Crippen molar-refractivity contribution in [2.24, 2.45) is 0 Å². The molecule has 0 spiro atoms. The highest BCUT2D eigenvalue weighted by molar-refractivity contribution is 9.10. The molecule has 0 aliphatic carbocycles. The summed E-state index contributed by atoms with van der Waals surface area (Å²) in [5, 5.41) is 12.2. The molecular weight excluding hydrogens is 328 g/mol. The zero-order chi connectivity index (χ0) is 15.0. The fourth-order valence-electron chi connectivity index (χ4n) is 2.63. The third-order valence-electron chi connectivity index (χ3n) is 3.89. The first kappa shape index (κ1) is 14.4. The van der Waals surface area contributed by atoms with Crippen LogP contribution in [0.2, 0.25) is 0 Å². The van der Waals surface area contributed by atoms with Crippen molar-refractivity contribution in [3.63, 3.8) is 0 Å². The quantitative estimate of drug-likeness (QED) is 0.712. The van der Waals surface area contributed by atoms with Crippen LogP contribution in [0.1, 0.15) is 30.2 Å². The first-order valence-corrected chi connectivity index (χ1v) is 7.81. The predicted molar refractivity (Wildman–Crippen MR) is 88.4 cm³/mol. The number of halogens is 1. The van der Waals surface area contributed by atoms with Gasteiger partial charge < -0.3 is 9.52 Å². The molecule has 3 aromatic rings. The highest BCUT2D eigenvalue weighted by atomic mass is 79.9. The molecule has 2 nitrogen and oxygen atoms in total. The Morgan fingerprint density at radius 1 is 1.14 bits per heavy atom. The summed E-state index contributed by atoms with van der Waals surface area (Å²) in [5.74, 6) is 0.587. The number of hydrogen-bond acceptors (Lipinski definition) is 2. The molecule has 0 bridgehead atoms. The van der Waals surface area contributed by atoms with Crippen molar-refractivity contribution >= 4 is 26.9 Å². The first-order valence-electron chi connectivity index (χ1n) is 7.02. The second-order valence-corrected chi connectivity index (χ2v) is 6.29. The van der Waals surface area contributed by atoms with Crippen LogP contribution in [0.5, 0.6) is 0 Å². The zero-order valence-corrected chi connectivity index (χ0v) is 13.6. The number of aryl methyl sites for hydroxylation is 1. The van der Waals surface area contributed by atoms with Crippen LogP contribution >= 0.6 is 15.9 Å². The zero-order valence-electron chi connectivity index (χ0n) is 12.1. The molecule has 0 saturated heterocycles. The van der Waals surface area contributed by atoms with Gasteiger partial charge in [-0.25, -0.2) is 0 Å². The predicted octanol–water partition coefficient (Wildman–Crippen LogP) is 5.15. The molecule has 2 aromatic carbocycles. The maximum absolute atomic E-state index is 11.1. The van der Waals surface area contributed by atoms with Crippen molar-refractivity contribution in [2.45, 2.75) is 25.9 Å². The van der Waals surface area contributed by atoms with Gasteiger partial charge in [-0.05, 0) is 49.2 Å². The molecule has 0 saturated carbocycles. The summed E-state index contributed by atoms with van der Waals surface area (Å²) in [6.45, 7) is 4.01. The number of fused-ring (bicyclic) bond motifs is 1. The summed E-state index contributed by atoms with van der Waals surface area (Å²) in [5.41, 5.74) is 1.70. The fourth-order valence-corrected chi connectivity index (χ4v) is 3.03. The molecule has 3 rings (SSSR count). The number of furan rings is 1. The van der Waals surface area contributed by atoms with E-state index in [1.165, 1.54) is 5.56 Å². The molecule has 1 heterocycles. The van der Waals surface area contributed by atoms with E-state index in [1.807, 2.05) is 56.3 Å². The number of benzene rings is 2. The van der Waals surface area contributed by atoms with Crippen LogP contribution in [0.25, 0.3) is 11.0 Å². The van der Waals surface area contributed by atoms with Gasteiger partial charge in [-0.3, -0.25) is 0 Å². The molecule has 3 heteroatoms. The van der Waals surface area contributed by atoms with Gasteiger partial charge in [0.05, 0.1) is 0 Å². The van der Waals surface area contributed by atoms with E-state index >= 15 is 0 Å². The van der Waals surface area contributed by atoms with Crippen molar-refractivity contribution < 1.29 is 9.52 Å². The van der Waals surface area contributed by atoms with E-state index in [0.29, 0.717) is 12.2 Å². The highest BCUT2D eigenvalue weighted by Crippen LogP contribution is 2.37. The molecule has 0 aliphatic rings. The van der Waals surface area contributed by atoms with E-state index in [9.17, 15) is 5.11 Å². The molecule has 21 heavy (non-hydrogen) atoms. The Kier molecular flexibility index (Phi) is 3.64. The van der Waals surface area contributed by atoms with Crippen molar-refractivity contribution in [3.8, 4) is 0 Å². The van der Waals surface area contributed by atoms with Gasteiger partial charge in [0.25, 0.3) is 0 Å². The molecule has 1 N–H and O–H groups in total. The lowest BCUT2D eigenvalue weighted by molar-refractivity contribution is 0.0544. The summed E-state index contributed by atoms with van der Waals surface area (Å²) >= 11 is 3.46. The number of hydrogen-bond donors (Lipinski definition) is 1. The van der Waals surface area contributed by atoms with Gasteiger partial charge in [0.1, 0.15) is 16.9 Å². The molecule has 1 aromatic heterocycles. The van der Waals surface area contributed by atoms with E-state index in [4.69, 9.17) is 4.42 Å². The van der Waals surface area contributed by atoms with E-state index in [1.54, 1.807) is 0 Å². The van der Waals surface area contributed by atoms with Gasteiger partial charge in [-0.15, -0.1) is 0 Å². The van der Waals surface area contributed by atoms with Crippen molar-refractivity contribution in [1.29, 1.82) is 0 Å². The lowest BCUT2D eigenvalue weighted by atomic mass is 9.88. The molecule has 1 unspecified atom stereocenters. The average molecular weight is 345 g/mol. The lowest BCUT2D eigenvalue weighted by Gasteiger charge is -2.25. The SMILES string of the molecule is CCC(O)(c1cccc(Br)c1)c1cc2cc(C)ccc2o1. The standard InChI is InChI=1S/C18H17BrO2/c1-3-18(20,14-5-4-6-15(19)11-14)17-10-13-9-12(2)7-8-16(13)21-17/h4-11,20H,3H2,1-2H3. The average Bonchev–Trinajstić information content (AvgIpc) is 2.89. The molecule has 0 amide bonds. The maximum Gasteiger partial charge on any atom is 0.147 e. The van der Waals surface area contributed by atoms with Crippen molar-refractivity contribution in [3.05, 3.63) is 69.9 Å². The Balaban J connectivity index is 2.16. The van der Waals surface area contributed by atoms with Gasteiger partial charge >= 0.3 is 0 Å². The van der Waals surface area contributed by atoms with Crippen molar-refractivity contribution in [2.75, 3.05) is 0 Å². The van der Waals surface area contributed by atoms with Gasteiger partial charge in [0.2, 0.25) is 0 Å². The summed E-state index contributed by atoms with van der Waals surface area (Å²) in [7, 11) is 0. The Hall–Kier alpha value is -1.58. The number of aliphatic hydroxyl groups is 1. The Morgan fingerprint density at radius 3 is 2.67 bits per heavy atom. The smallest absolute Gasteiger partial charge is 0.147 e. The second-order valence-electron chi connectivity index (χ2n) is 5.38. The molecule has 1 atom stereocenters. The second kappa shape index (κ2) is 5.32. The fraction of sp³-hybridized carbons (Fsp3) is 0.222. The molecule has 0 radical (unpaired) electrons. The van der Waals surface area contributed by atoms with Crippen LogP contribution in [0, 0.1) is 6.92 Å². The monoisotopic (exact) mass is 344 g/mol. The van der Waals surface area contributed by atoms with E-state index in [-0.39, 0.29) is 0 Å². The Labute approximate surface area is 132 Å². The highest BCUT2D eigenvalue weighted by Gasteiger charge is 2.33. The van der Waals surface area contributed by atoms with Gasteiger partial charge in [0, 0.05) is 9.86 Å². The minimum absolute atomic E-state index is 0.544. The van der Waals surface area contributed by atoms with Crippen LogP contribution in [0.4, 0.5) is 0 Å². The normalized spacial score (nSPS) is 14.3.